The van der Waals surface area contributed by atoms with Gasteiger partial charge in [0.25, 0.3) is 10.0 Å². The minimum atomic E-state index is -3.43. The molecule has 1 aromatic carbocycles. The average Bonchev–Trinajstić information content (AvgIpc) is 3.19. The van der Waals surface area contributed by atoms with Crippen molar-refractivity contribution in [3.05, 3.63) is 41.8 Å². The maximum absolute atomic E-state index is 13.3. The highest BCUT2D eigenvalue weighted by Gasteiger charge is 2.35. The highest BCUT2D eigenvalue weighted by molar-refractivity contribution is 8.00. The first kappa shape index (κ1) is 19.9. The van der Waals surface area contributed by atoms with Crippen molar-refractivity contribution in [1.82, 2.24) is 4.31 Å². The molecule has 5 nitrogen and oxygen atoms in total. The smallest absolute Gasteiger partial charge is 0.252 e. The number of para-hydroxylation sites is 1. The molecule has 1 saturated heterocycles. The second-order valence-corrected chi connectivity index (χ2v) is 11.9. The maximum atomic E-state index is 13.3. The standard InChI is InChI=1S/C20H24N2O3S3/c1-15-8-13-22(17-5-2-3-6-18(17)27-15)20(23)16-9-11-21(12-10-16)28(24,25)19-7-4-14-26-19/h2-7,14-16H,8-13H2,1H3. The molecule has 0 radical (unpaired) electrons. The van der Waals surface area contributed by atoms with Gasteiger partial charge in [-0.25, -0.2) is 8.42 Å². The summed E-state index contributed by atoms with van der Waals surface area (Å²) in [4.78, 5) is 16.4. The molecule has 0 spiro atoms. The van der Waals surface area contributed by atoms with Crippen LogP contribution < -0.4 is 4.90 Å². The van der Waals surface area contributed by atoms with E-state index in [-0.39, 0.29) is 11.8 Å². The van der Waals surface area contributed by atoms with Gasteiger partial charge in [0.1, 0.15) is 4.21 Å². The lowest BCUT2D eigenvalue weighted by Crippen LogP contribution is -2.44. The molecule has 0 bridgehead atoms. The Hall–Kier alpha value is -1.35. The van der Waals surface area contributed by atoms with E-state index in [0.717, 1.165) is 23.5 Å². The Labute approximate surface area is 174 Å². The highest BCUT2D eigenvalue weighted by Crippen LogP contribution is 2.38. The Kier molecular flexibility index (Phi) is 5.83. The summed E-state index contributed by atoms with van der Waals surface area (Å²) in [6.07, 6.45) is 2.10. The van der Waals surface area contributed by atoms with Crippen LogP contribution in [0.5, 0.6) is 0 Å². The van der Waals surface area contributed by atoms with Crippen LogP contribution in [0.15, 0.2) is 50.9 Å². The Morgan fingerprint density at radius 2 is 1.79 bits per heavy atom. The molecule has 28 heavy (non-hydrogen) atoms. The van der Waals surface area contributed by atoms with Crippen LogP contribution in [0, 0.1) is 5.92 Å². The van der Waals surface area contributed by atoms with Crippen molar-refractivity contribution in [2.75, 3.05) is 24.5 Å². The molecule has 1 unspecified atom stereocenters. The lowest BCUT2D eigenvalue weighted by atomic mass is 9.96. The van der Waals surface area contributed by atoms with Crippen molar-refractivity contribution in [3.63, 3.8) is 0 Å². The van der Waals surface area contributed by atoms with Crippen LogP contribution in [0.4, 0.5) is 5.69 Å². The van der Waals surface area contributed by atoms with Crippen LogP contribution in [0.2, 0.25) is 0 Å². The largest absolute Gasteiger partial charge is 0.311 e. The third-order valence-corrected chi connectivity index (χ3v) is 9.91. The van der Waals surface area contributed by atoms with Gasteiger partial charge in [-0.1, -0.05) is 25.1 Å². The molecule has 1 atom stereocenters. The molecule has 2 aromatic rings. The molecular formula is C20H24N2O3S3. The second-order valence-electron chi connectivity index (χ2n) is 7.29. The third-order valence-electron chi connectivity index (χ3n) is 5.40. The first-order valence-electron chi connectivity index (χ1n) is 9.57. The molecule has 2 aliphatic heterocycles. The summed E-state index contributed by atoms with van der Waals surface area (Å²) in [5.74, 6) is 0.0107. The number of nitrogens with zero attached hydrogens (tertiary/aromatic N) is 2. The number of carbonyl (C=O) groups excluding carboxylic acids is 1. The van der Waals surface area contributed by atoms with Crippen LogP contribution in [0.1, 0.15) is 26.2 Å². The molecule has 1 fully saturated rings. The number of thioether (sulfide) groups is 1. The molecule has 0 N–H and O–H groups in total. The minimum absolute atomic E-state index is 0.124. The average molecular weight is 437 g/mol. The number of hydrogen-bond donors (Lipinski definition) is 0. The lowest BCUT2D eigenvalue weighted by molar-refractivity contribution is -0.123. The zero-order chi connectivity index (χ0) is 19.7. The molecule has 1 aromatic heterocycles. The van der Waals surface area contributed by atoms with Crippen LogP contribution in [-0.2, 0) is 14.8 Å². The predicted molar refractivity (Wildman–Crippen MR) is 115 cm³/mol. The van der Waals surface area contributed by atoms with E-state index in [4.69, 9.17) is 0 Å². The topological polar surface area (TPSA) is 57.7 Å². The van der Waals surface area contributed by atoms with E-state index >= 15 is 0 Å². The van der Waals surface area contributed by atoms with E-state index in [0.29, 0.717) is 35.4 Å². The van der Waals surface area contributed by atoms with E-state index in [9.17, 15) is 13.2 Å². The number of amides is 1. The summed E-state index contributed by atoms with van der Waals surface area (Å²) in [6, 6.07) is 11.5. The SMILES string of the molecule is CC1CCN(C(=O)C2CCN(S(=O)(=O)c3cccs3)CC2)c2ccccc2S1. The number of hydrogen-bond acceptors (Lipinski definition) is 5. The lowest BCUT2D eigenvalue weighted by Gasteiger charge is -2.33. The van der Waals surface area contributed by atoms with Gasteiger partial charge in [0, 0.05) is 35.7 Å². The first-order valence-corrected chi connectivity index (χ1v) is 12.8. The van der Waals surface area contributed by atoms with Gasteiger partial charge in [-0.15, -0.1) is 23.1 Å². The summed E-state index contributed by atoms with van der Waals surface area (Å²) >= 11 is 3.06. The monoisotopic (exact) mass is 436 g/mol. The van der Waals surface area contributed by atoms with Crippen LogP contribution >= 0.6 is 23.1 Å². The summed E-state index contributed by atoms with van der Waals surface area (Å²) in [5, 5.41) is 2.25. The van der Waals surface area contributed by atoms with E-state index in [1.807, 2.05) is 34.9 Å². The van der Waals surface area contributed by atoms with Gasteiger partial charge in [0.2, 0.25) is 5.91 Å². The molecule has 0 aliphatic carbocycles. The number of fused-ring (bicyclic) bond motifs is 1. The quantitative estimate of drug-likeness (QED) is 0.728. The number of rotatable bonds is 3. The number of piperidine rings is 1. The zero-order valence-electron chi connectivity index (χ0n) is 15.8. The maximum Gasteiger partial charge on any atom is 0.252 e. The molecule has 0 saturated carbocycles. The highest BCUT2D eigenvalue weighted by atomic mass is 32.2. The summed E-state index contributed by atoms with van der Waals surface area (Å²) in [5.41, 5.74) is 0.996. The van der Waals surface area contributed by atoms with Crippen LogP contribution in [-0.4, -0.2) is 43.5 Å². The normalized spacial score (nSPS) is 21.9. The Bertz CT molecular complexity index is 935. The Morgan fingerprint density at radius 1 is 1.04 bits per heavy atom. The predicted octanol–water partition coefficient (Wildman–Crippen LogP) is 4.07. The van der Waals surface area contributed by atoms with E-state index < -0.39 is 10.0 Å². The van der Waals surface area contributed by atoms with Crippen molar-refractivity contribution in [1.29, 1.82) is 0 Å². The van der Waals surface area contributed by atoms with Gasteiger partial charge in [-0.3, -0.25) is 4.79 Å². The van der Waals surface area contributed by atoms with Crippen molar-refractivity contribution in [2.45, 2.75) is 40.5 Å². The molecule has 150 valence electrons. The molecule has 2 aliphatic rings. The third kappa shape index (κ3) is 3.87. The molecule has 4 rings (SSSR count). The number of benzene rings is 1. The Morgan fingerprint density at radius 3 is 2.50 bits per heavy atom. The van der Waals surface area contributed by atoms with Gasteiger partial charge in [0.15, 0.2) is 0 Å². The first-order chi connectivity index (χ1) is 13.5. The molecule has 1 amide bonds. The number of sulfonamides is 1. The van der Waals surface area contributed by atoms with E-state index in [2.05, 4.69) is 13.0 Å². The summed E-state index contributed by atoms with van der Waals surface area (Å²) in [7, 11) is -3.43. The number of carbonyl (C=O) groups is 1. The minimum Gasteiger partial charge on any atom is -0.311 e. The second kappa shape index (κ2) is 8.18. The van der Waals surface area contributed by atoms with Crippen molar-refractivity contribution in [2.24, 2.45) is 5.92 Å². The summed E-state index contributed by atoms with van der Waals surface area (Å²) in [6.45, 7) is 3.72. The van der Waals surface area contributed by atoms with Gasteiger partial charge in [-0.2, -0.15) is 4.31 Å². The fourth-order valence-corrected chi connectivity index (χ4v) is 7.54. The fraction of sp³-hybridized carbons (Fsp3) is 0.450. The Balaban J connectivity index is 1.47. The van der Waals surface area contributed by atoms with Crippen molar-refractivity contribution < 1.29 is 13.2 Å². The number of anilines is 1. The fourth-order valence-electron chi connectivity index (χ4n) is 3.82. The van der Waals surface area contributed by atoms with E-state index in [1.165, 1.54) is 15.6 Å². The zero-order valence-corrected chi connectivity index (χ0v) is 18.2. The van der Waals surface area contributed by atoms with Crippen LogP contribution in [0.25, 0.3) is 0 Å². The van der Waals surface area contributed by atoms with Gasteiger partial charge in [-0.05, 0) is 42.8 Å². The van der Waals surface area contributed by atoms with Gasteiger partial charge in [0.05, 0.1) is 5.69 Å². The van der Waals surface area contributed by atoms with E-state index in [1.54, 1.807) is 17.5 Å². The summed E-state index contributed by atoms with van der Waals surface area (Å²) < 4.78 is 27.3. The molecular weight excluding hydrogens is 412 g/mol. The van der Waals surface area contributed by atoms with Crippen molar-refractivity contribution >= 4 is 44.7 Å². The molecule has 8 heteroatoms. The van der Waals surface area contributed by atoms with Gasteiger partial charge < -0.3 is 4.90 Å². The molecule has 3 heterocycles. The number of thiophene rings is 1. The van der Waals surface area contributed by atoms with Crippen molar-refractivity contribution in [3.8, 4) is 0 Å². The van der Waals surface area contributed by atoms with Gasteiger partial charge >= 0.3 is 0 Å². The van der Waals surface area contributed by atoms with Crippen LogP contribution in [0.3, 0.4) is 0 Å².